The van der Waals surface area contributed by atoms with Gasteiger partial charge in [-0.3, -0.25) is 4.79 Å². The van der Waals surface area contributed by atoms with Crippen LogP contribution in [-0.4, -0.2) is 12.1 Å². The van der Waals surface area contributed by atoms with Crippen LogP contribution in [-0.2, 0) is 9.53 Å². The number of hydrogen-bond donors (Lipinski definition) is 0. The minimum absolute atomic E-state index is 0.245. The van der Waals surface area contributed by atoms with E-state index in [2.05, 4.69) is 12.8 Å². The molecule has 0 aliphatic rings. The first-order valence-corrected chi connectivity index (χ1v) is 6.90. The Bertz CT molecular complexity index is 417. The molecular formula is C17H22O2. The molecule has 0 saturated carbocycles. The number of esters is 1. The van der Waals surface area contributed by atoms with Crippen molar-refractivity contribution in [1.82, 2.24) is 0 Å². The van der Waals surface area contributed by atoms with Gasteiger partial charge in [-0.15, -0.1) is 6.42 Å². The SMILES string of the molecule is C#C[C@@H](CCCCC)OC(=O)[C@H](C)c1ccccc1. The lowest BCUT2D eigenvalue weighted by Gasteiger charge is -2.16. The number of unbranched alkanes of at least 4 members (excludes halogenated alkanes) is 2. The van der Waals surface area contributed by atoms with Crippen LogP contribution in [0.5, 0.6) is 0 Å². The number of benzene rings is 1. The molecule has 0 aromatic heterocycles. The van der Waals surface area contributed by atoms with E-state index in [0.29, 0.717) is 0 Å². The van der Waals surface area contributed by atoms with Gasteiger partial charge >= 0.3 is 5.97 Å². The third-order valence-corrected chi connectivity index (χ3v) is 3.17. The monoisotopic (exact) mass is 258 g/mol. The van der Waals surface area contributed by atoms with E-state index in [1.807, 2.05) is 37.3 Å². The first kappa shape index (κ1) is 15.3. The summed E-state index contributed by atoms with van der Waals surface area (Å²) in [6.07, 6.45) is 9.01. The molecule has 0 fully saturated rings. The van der Waals surface area contributed by atoms with E-state index in [9.17, 15) is 4.79 Å². The molecule has 0 saturated heterocycles. The summed E-state index contributed by atoms with van der Waals surface area (Å²) in [5.41, 5.74) is 0.955. The molecule has 0 amide bonds. The quantitative estimate of drug-likeness (QED) is 0.421. The summed E-state index contributed by atoms with van der Waals surface area (Å²) in [4.78, 5) is 12.0. The van der Waals surface area contributed by atoms with Crippen LogP contribution in [0.1, 0.15) is 51.0 Å². The minimum atomic E-state index is -0.398. The van der Waals surface area contributed by atoms with Crippen molar-refractivity contribution < 1.29 is 9.53 Å². The van der Waals surface area contributed by atoms with Gasteiger partial charge in [0.1, 0.15) is 0 Å². The van der Waals surface area contributed by atoms with E-state index in [0.717, 1.165) is 31.2 Å². The predicted molar refractivity (Wildman–Crippen MR) is 77.7 cm³/mol. The van der Waals surface area contributed by atoms with E-state index in [-0.39, 0.29) is 11.9 Å². The lowest BCUT2D eigenvalue weighted by molar-refractivity contribution is -0.148. The first-order chi connectivity index (χ1) is 9.19. The van der Waals surface area contributed by atoms with Gasteiger partial charge in [-0.2, -0.15) is 0 Å². The Balaban J connectivity index is 2.51. The maximum atomic E-state index is 12.0. The van der Waals surface area contributed by atoms with Crippen molar-refractivity contribution in [2.24, 2.45) is 0 Å². The van der Waals surface area contributed by atoms with Gasteiger partial charge in [0.15, 0.2) is 6.10 Å². The number of hydrogen-bond acceptors (Lipinski definition) is 2. The fourth-order valence-electron chi connectivity index (χ4n) is 1.88. The second-order valence-electron chi connectivity index (χ2n) is 4.72. The molecule has 2 nitrogen and oxygen atoms in total. The van der Waals surface area contributed by atoms with Gasteiger partial charge in [0, 0.05) is 0 Å². The lowest BCUT2D eigenvalue weighted by Crippen LogP contribution is -2.20. The Morgan fingerprint density at radius 1 is 1.32 bits per heavy atom. The van der Waals surface area contributed by atoms with E-state index in [1.54, 1.807) is 0 Å². The highest BCUT2D eigenvalue weighted by atomic mass is 16.5. The van der Waals surface area contributed by atoms with Crippen LogP contribution in [0.4, 0.5) is 0 Å². The van der Waals surface area contributed by atoms with Gasteiger partial charge in [-0.25, -0.2) is 0 Å². The fourth-order valence-corrected chi connectivity index (χ4v) is 1.88. The van der Waals surface area contributed by atoms with Crippen molar-refractivity contribution in [2.45, 2.75) is 51.6 Å². The highest BCUT2D eigenvalue weighted by molar-refractivity contribution is 5.78. The highest BCUT2D eigenvalue weighted by Gasteiger charge is 2.19. The van der Waals surface area contributed by atoms with Crippen molar-refractivity contribution in [1.29, 1.82) is 0 Å². The molecule has 102 valence electrons. The molecule has 1 aromatic rings. The summed E-state index contributed by atoms with van der Waals surface area (Å²) >= 11 is 0. The molecule has 1 rings (SSSR count). The smallest absolute Gasteiger partial charge is 0.314 e. The zero-order chi connectivity index (χ0) is 14.1. The predicted octanol–water partition coefficient (Wildman–Crippen LogP) is 3.92. The fraction of sp³-hybridized carbons (Fsp3) is 0.471. The molecule has 1 aromatic carbocycles. The van der Waals surface area contributed by atoms with Crippen LogP contribution in [0.3, 0.4) is 0 Å². The first-order valence-electron chi connectivity index (χ1n) is 6.90. The Morgan fingerprint density at radius 2 is 2.00 bits per heavy atom. The summed E-state index contributed by atoms with van der Waals surface area (Å²) in [7, 11) is 0. The van der Waals surface area contributed by atoms with Crippen molar-refractivity contribution in [2.75, 3.05) is 0 Å². The summed E-state index contributed by atoms with van der Waals surface area (Å²) in [5.74, 6) is 2.04. The normalized spacial score (nSPS) is 13.3. The molecule has 0 unspecified atom stereocenters. The highest BCUT2D eigenvalue weighted by Crippen LogP contribution is 2.18. The third kappa shape index (κ3) is 5.18. The Kier molecular flexibility index (Phi) is 6.74. The van der Waals surface area contributed by atoms with Crippen molar-refractivity contribution in [3.8, 4) is 12.3 Å². The Morgan fingerprint density at radius 3 is 2.58 bits per heavy atom. The minimum Gasteiger partial charge on any atom is -0.449 e. The third-order valence-electron chi connectivity index (χ3n) is 3.17. The number of terminal acetylenes is 1. The van der Waals surface area contributed by atoms with Crippen LogP contribution < -0.4 is 0 Å². The van der Waals surface area contributed by atoms with E-state index < -0.39 is 6.10 Å². The molecule has 0 N–H and O–H groups in total. The maximum Gasteiger partial charge on any atom is 0.314 e. The van der Waals surface area contributed by atoms with Gasteiger partial charge in [0.2, 0.25) is 0 Å². The summed E-state index contributed by atoms with van der Waals surface area (Å²) in [6.45, 7) is 3.98. The number of carbonyl (C=O) groups is 1. The van der Waals surface area contributed by atoms with Gasteiger partial charge in [0.05, 0.1) is 5.92 Å². The molecule has 0 heterocycles. The van der Waals surface area contributed by atoms with Crippen LogP contribution in [0, 0.1) is 12.3 Å². The van der Waals surface area contributed by atoms with Crippen LogP contribution >= 0.6 is 0 Å². The number of ether oxygens (including phenoxy) is 1. The number of carbonyl (C=O) groups excluding carboxylic acids is 1. The van der Waals surface area contributed by atoms with Crippen molar-refractivity contribution >= 4 is 5.97 Å². The molecular weight excluding hydrogens is 236 g/mol. The lowest BCUT2D eigenvalue weighted by atomic mass is 10.0. The Labute approximate surface area is 116 Å². The standard InChI is InChI=1S/C17H22O2/c1-4-6-8-13-16(5-2)19-17(18)14(3)15-11-9-7-10-12-15/h2,7,9-12,14,16H,4,6,8,13H2,1,3H3/t14-,16+/m1/s1. The summed E-state index contributed by atoms with van der Waals surface area (Å²) in [5, 5.41) is 0. The van der Waals surface area contributed by atoms with Crippen molar-refractivity contribution in [3.05, 3.63) is 35.9 Å². The molecule has 0 aliphatic heterocycles. The van der Waals surface area contributed by atoms with E-state index in [4.69, 9.17) is 11.2 Å². The van der Waals surface area contributed by atoms with E-state index >= 15 is 0 Å². The number of rotatable bonds is 7. The van der Waals surface area contributed by atoms with Crippen LogP contribution in [0.25, 0.3) is 0 Å². The van der Waals surface area contributed by atoms with Crippen LogP contribution in [0.15, 0.2) is 30.3 Å². The van der Waals surface area contributed by atoms with Gasteiger partial charge in [0.25, 0.3) is 0 Å². The summed E-state index contributed by atoms with van der Waals surface area (Å²) in [6, 6.07) is 9.61. The second kappa shape index (κ2) is 8.37. The zero-order valence-corrected chi connectivity index (χ0v) is 11.8. The maximum absolute atomic E-state index is 12.0. The van der Waals surface area contributed by atoms with Gasteiger partial charge < -0.3 is 4.74 Å². The summed E-state index contributed by atoms with van der Waals surface area (Å²) < 4.78 is 5.39. The molecule has 2 heteroatoms. The average Bonchev–Trinajstić information content (AvgIpc) is 2.46. The molecule has 0 bridgehead atoms. The molecule has 0 aliphatic carbocycles. The van der Waals surface area contributed by atoms with E-state index in [1.165, 1.54) is 0 Å². The van der Waals surface area contributed by atoms with Gasteiger partial charge in [-0.1, -0.05) is 56.0 Å². The molecule has 2 atom stereocenters. The molecule has 0 radical (unpaired) electrons. The van der Waals surface area contributed by atoms with Gasteiger partial charge in [-0.05, 0) is 25.3 Å². The largest absolute Gasteiger partial charge is 0.449 e. The Hall–Kier alpha value is -1.75. The topological polar surface area (TPSA) is 26.3 Å². The molecule has 0 spiro atoms. The van der Waals surface area contributed by atoms with Crippen LogP contribution in [0.2, 0.25) is 0 Å². The second-order valence-corrected chi connectivity index (χ2v) is 4.72. The van der Waals surface area contributed by atoms with Crippen molar-refractivity contribution in [3.63, 3.8) is 0 Å². The average molecular weight is 258 g/mol. The molecule has 19 heavy (non-hydrogen) atoms. The zero-order valence-electron chi connectivity index (χ0n) is 11.8.